The number of carbonyl (C=O) groups excluding carboxylic acids is 2. The summed E-state index contributed by atoms with van der Waals surface area (Å²) in [6.45, 7) is 1.84. The number of thioether (sulfide) groups is 1. The summed E-state index contributed by atoms with van der Waals surface area (Å²) < 4.78 is 1.60. The monoisotopic (exact) mass is 460 g/mol. The number of aromatic nitrogens is 4. The second-order valence-electron chi connectivity index (χ2n) is 7.67. The first-order valence-corrected chi connectivity index (χ1v) is 11.4. The predicted octanol–water partition coefficient (Wildman–Crippen LogP) is 2.96. The summed E-state index contributed by atoms with van der Waals surface area (Å²) >= 11 is 1.14. The highest BCUT2D eigenvalue weighted by Gasteiger charge is 2.29. The number of carbonyl (C=O) groups is 2. The molecule has 0 unspecified atom stereocenters. The molecule has 2 amide bonds. The normalized spacial score (nSPS) is 15.7. The number of hydrogen-bond donors (Lipinski definition) is 2. The highest BCUT2D eigenvalue weighted by molar-refractivity contribution is 7.99. The first-order valence-electron chi connectivity index (χ1n) is 10.4. The first-order chi connectivity index (χ1) is 16.0. The lowest BCUT2D eigenvalue weighted by Gasteiger charge is -2.27. The molecule has 0 radical (unpaired) electrons. The Bertz CT molecular complexity index is 1410. The SMILES string of the molecule is C[C@H]1CC(=O)Nc2ccccc2N1C(=O)CSc1nc2c(cnn2-c2ccccc2)c(=O)[nH]1. The van der Waals surface area contributed by atoms with Crippen LogP contribution in [0.2, 0.25) is 0 Å². The number of nitrogens with zero attached hydrogens (tertiary/aromatic N) is 4. The van der Waals surface area contributed by atoms with Crippen molar-refractivity contribution in [3.05, 3.63) is 71.1 Å². The number of anilines is 2. The van der Waals surface area contributed by atoms with Crippen LogP contribution in [0.4, 0.5) is 11.4 Å². The molecular weight excluding hydrogens is 440 g/mol. The Labute approximate surface area is 192 Å². The Morgan fingerprint density at radius 1 is 1.12 bits per heavy atom. The van der Waals surface area contributed by atoms with Crippen LogP contribution in [0.5, 0.6) is 0 Å². The number of benzene rings is 2. The minimum absolute atomic E-state index is 0.0424. The minimum Gasteiger partial charge on any atom is -0.324 e. The Morgan fingerprint density at radius 3 is 2.70 bits per heavy atom. The number of rotatable bonds is 4. The number of aromatic amines is 1. The van der Waals surface area contributed by atoms with Gasteiger partial charge in [0.1, 0.15) is 5.39 Å². The van der Waals surface area contributed by atoms with Crippen molar-refractivity contribution in [3.8, 4) is 5.69 Å². The summed E-state index contributed by atoms with van der Waals surface area (Å²) in [7, 11) is 0. The van der Waals surface area contributed by atoms with Gasteiger partial charge in [0, 0.05) is 12.5 Å². The predicted molar refractivity (Wildman–Crippen MR) is 127 cm³/mol. The third-order valence-corrected chi connectivity index (χ3v) is 6.24. The molecule has 1 aliphatic rings. The van der Waals surface area contributed by atoms with Gasteiger partial charge in [-0.2, -0.15) is 5.10 Å². The third-order valence-electron chi connectivity index (χ3n) is 5.38. The van der Waals surface area contributed by atoms with E-state index in [1.54, 1.807) is 15.6 Å². The van der Waals surface area contributed by atoms with Gasteiger partial charge in [0.15, 0.2) is 10.8 Å². The number of fused-ring (bicyclic) bond motifs is 2. The summed E-state index contributed by atoms with van der Waals surface area (Å²) in [6, 6.07) is 16.3. The molecule has 4 aromatic rings. The van der Waals surface area contributed by atoms with E-state index < -0.39 is 0 Å². The van der Waals surface area contributed by atoms with Crippen LogP contribution in [0.1, 0.15) is 13.3 Å². The maximum absolute atomic E-state index is 13.2. The zero-order valence-corrected chi connectivity index (χ0v) is 18.5. The van der Waals surface area contributed by atoms with Crippen LogP contribution < -0.4 is 15.8 Å². The fourth-order valence-electron chi connectivity index (χ4n) is 3.89. The quantitative estimate of drug-likeness (QED) is 0.358. The molecule has 0 spiro atoms. The van der Waals surface area contributed by atoms with Crippen molar-refractivity contribution >= 4 is 46.0 Å². The maximum Gasteiger partial charge on any atom is 0.262 e. The van der Waals surface area contributed by atoms with Crippen LogP contribution in [-0.2, 0) is 9.59 Å². The molecule has 2 aromatic heterocycles. The second-order valence-corrected chi connectivity index (χ2v) is 8.64. The van der Waals surface area contributed by atoms with Gasteiger partial charge in [-0.25, -0.2) is 9.67 Å². The zero-order chi connectivity index (χ0) is 22.9. The van der Waals surface area contributed by atoms with E-state index in [2.05, 4.69) is 20.4 Å². The van der Waals surface area contributed by atoms with E-state index in [-0.39, 0.29) is 35.6 Å². The summed E-state index contributed by atoms with van der Waals surface area (Å²) in [5, 5.41) is 7.84. The molecule has 0 saturated carbocycles. The van der Waals surface area contributed by atoms with E-state index in [4.69, 9.17) is 0 Å². The molecule has 166 valence electrons. The van der Waals surface area contributed by atoms with E-state index in [1.165, 1.54) is 6.20 Å². The molecule has 1 aliphatic heterocycles. The summed E-state index contributed by atoms with van der Waals surface area (Å²) in [5.74, 6) is -0.278. The smallest absolute Gasteiger partial charge is 0.262 e. The van der Waals surface area contributed by atoms with Crippen LogP contribution in [0.25, 0.3) is 16.7 Å². The molecule has 1 atom stereocenters. The van der Waals surface area contributed by atoms with E-state index in [9.17, 15) is 14.4 Å². The number of H-pyrrole nitrogens is 1. The molecular formula is C23H20N6O3S. The first kappa shape index (κ1) is 21.0. The van der Waals surface area contributed by atoms with Gasteiger partial charge < -0.3 is 15.2 Å². The topological polar surface area (TPSA) is 113 Å². The number of amides is 2. The van der Waals surface area contributed by atoms with Crippen molar-refractivity contribution in [2.45, 2.75) is 24.5 Å². The van der Waals surface area contributed by atoms with E-state index in [0.29, 0.717) is 27.6 Å². The minimum atomic E-state index is -0.319. The van der Waals surface area contributed by atoms with Crippen molar-refractivity contribution in [2.24, 2.45) is 0 Å². The molecule has 0 fully saturated rings. The van der Waals surface area contributed by atoms with Crippen molar-refractivity contribution in [3.63, 3.8) is 0 Å². The number of hydrogen-bond acceptors (Lipinski definition) is 6. The highest BCUT2D eigenvalue weighted by Crippen LogP contribution is 2.32. The van der Waals surface area contributed by atoms with Crippen LogP contribution in [0.3, 0.4) is 0 Å². The van der Waals surface area contributed by atoms with Crippen LogP contribution in [0, 0.1) is 0 Å². The van der Waals surface area contributed by atoms with Gasteiger partial charge in [-0.3, -0.25) is 14.4 Å². The zero-order valence-electron chi connectivity index (χ0n) is 17.7. The van der Waals surface area contributed by atoms with Crippen LogP contribution in [-0.4, -0.2) is 43.4 Å². The van der Waals surface area contributed by atoms with Gasteiger partial charge in [0.2, 0.25) is 11.8 Å². The lowest BCUT2D eigenvalue weighted by molar-refractivity contribution is -0.117. The molecule has 9 nitrogen and oxygen atoms in total. The molecule has 2 aromatic carbocycles. The van der Waals surface area contributed by atoms with Crippen LogP contribution in [0.15, 0.2) is 70.7 Å². The summed E-state index contributed by atoms with van der Waals surface area (Å²) in [6.07, 6.45) is 1.68. The molecule has 2 N–H and O–H groups in total. The highest BCUT2D eigenvalue weighted by atomic mass is 32.2. The average molecular weight is 461 g/mol. The summed E-state index contributed by atoms with van der Waals surface area (Å²) in [4.78, 5) is 46.9. The Balaban J connectivity index is 1.42. The Morgan fingerprint density at radius 2 is 1.88 bits per heavy atom. The summed E-state index contributed by atoms with van der Waals surface area (Å²) in [5.41, 5.74) is 2.14. The lowest BCUT2D eigenvalue weighted by atomic mass is 10.2. The molecule has 3 heterocycles. The average Bonchev–Trinajstić information content (AvgIpc) is 3.18. The van der Waals surface area contributed by atoms with Crippen molar-refractivity contribution in [1.82, 2.24) is 19.7 Å². The molecule has 0 saturated heterocycles. The largest absolute Gasteiger partial charge is 0.324 e. The Hall–Kier alpha value is -3.92. The van der Waals surface area contributed by atoms with Crippen molar-refractivity contribution in [2.75, 3.05) is 16.0 Å². The lowest BCUT2D eigenvalue weighted by Crippen LogP contribution is -2.40. The Kier molecular flexibility index (Phi) is 5.43. The van der Waals surface area contributed by atoms with Gasteiger partial charge >= 0.3 is 0 Å². The molecule has 5 rings (SSSR count). The van der Waals surface area contributed by atoms with Gasteiger partial charge in [-0.1, -0.05) is 42.1 Å². The molecule has 0 aliphatic carbocycles. The molecule has 10 heteroatoms. The molecule has 0 bridgehead atoms. The van der Waals surface area contributed by atoms with Crippen LogP contribution >= 0.6 is 11.8 Å². The van der Waals surface area contributed by atoms with E-state index >= 15 is 0 Å². The van der Waals surface area contributed by atoms with Gasteiger partial charge in [0.25, 0.3) is 5.56 Å². The molecule has 33 heavy (non-hydrogen) atoms. The second kappa shape index (κ2) is 8.55. The number of para-hydroxylation sites is 3. The van der Waals surface area contributed by atoms with Crippen molar-refractivity contribution in [1.29, 1.82) is 0 Å². The van der Waals surface area contributed by atoms with Gasteiger partial charge in [-0.05, 0) is 31.2 Å². The third kappa shape index (κ3) is 4.00. The van der Waals surface area contributed by atoms with Gasteiger partial charge in [-0.15, -0.1) is 0 Å². The fourth-order valence-corrected chi connectivity index (χ4v) is 4.61. The van der Waals surface area contributed by atoms with Gasteiger partial charge in [0.05, 0.1) is 29.0 Å². The number of nitrogens with one attached hydrogen (secondary N) is 2. The standard InChI is InChI=1S/C23H20N6O3S/c1-14-11-19(30)25-17-9-5-6-10-18(17)28(14)20(31)13-33-23-26-21-16(22(32)27-23)12-24-29(21)15-7-3-2-4-8-15/h2-10,12,14H,11,13H2,1H3,(H,25,30)(H,26,27,32)/t14-/m0/s1. The fraction of sp³-hybridized carbons (Fsp3) is 0.174. The maximum atomic E-state index is 13.2. The van der Waals surface area contributed by atoms with E-state index in [0.717, 1.165) is 17.4 Å². The van der Waals surface area contributed by atoms with Crippen molar-refractivity contribution < 1.29 is 9.59 Å². The van der Waals surface area contributed by atoms with E-state index in [1.807, 2.05) is 55.5 Å².